The highest BCUT2D eigenvalue weighted by atomic mass is 29.3. The molecule has 112 valence electrons. The molecular weight excluding hydrogens is 272 g/mol. The van der Waals surface area contributed by atoms with Crippen molar-refractivity contribution in [2.24, 2.45) is 5.92 Å². The zero-order valence-corrected chi connectivity index (χ0v) is 15.6. The molecule has 0 saturated carbocycles. The summed E-state index contributed by atoms with van der Waals surface area (Å²) in [6, 6.07) is 1.02. The molecule has 5 heteroatoms. The lowest BCUT2D eigenvalue weighted by Gasteiger charge is -2.54. The average molecular weight is 303 g/mol. The van der Waals surface area contributed by atoms with Crippen LogP contribution in [0.3, 0.4) is 0 Å². The molecule has 0 aromatic carbocycles. The van der Waals surface area contributed by atoms with Crippen molar-refractivity contribution in [3.63, 3.8) is 0 Å². The Hall–Kier alpha value is -0.136. The second-order valence-electron chi connectivity index (χ2n) is 7.07. The van der Waals surface area contributed by atoms with Crippen LogP contribution in [0.25, 0.3) is 0 Å². The van der Waals surface area contributed by atoms with Gasteiger partial charge in [0, 0.05) is 0 Å². The van der Waals surface area contributed by atoms with Crippen molar-refractivity contribution in [3.05, 3.63) is 0 Å². The fraction of sp³-hybridized carbons (Fsp3) is 0.929. The molecular formula is C14H30O3Si2. The van der Waals surface area contributed by atoms with Gasteiger partial charge in [0.25, 0.3) is 0 Å². The van der Waals surface area contributed by atoms with Crippen LogP contribution in [0.4, 0.5) is 0 Å². The van der Waals surface area contributed by atoms with Crippen LogP contribution in [0.5, 0.6) is 0 Å². The van der Waals surface area contributed by atoms with Crippen molar-refractivity contribution in [2.45, 2.75) is 71.4 Å². The molecule has 0 amide bonds. The third-order valence-corrected chi connectivity index (χ3v) is 21.3. The third-order valence-electron chi connectivity index (χ3n) is 4.89. The van der Waals surface area contributed by atoms with Crippen LogP contribution >= 0.6 is 0 Å². The molecule has 0 N–H and O–H groups in total. The summed E-state index contributed by atoms with van der Waals surface area (Å²) in [5, 5.41) is 0. The number of esters is 1. The zero-order valence-electron chi connectivity index (χ0n) is 13.6. The van der Waals surface area contributed by atoms with E-state index in [0.717, 1.165) is 18.9 Å². The van der Waals surface area contributed by atoms with Crippen molar-refractivity contribution in [2.75, 3.05) is 6.61 Å². The van der Waals surface area contributed by atoms with Crippen LogP contribution in [0.2, 0.25) is 32.2 Å². The van der Waals surface area contributed by atoms with Gasteiger partial charge in [0.05, 0.1) is 25.7 Å². The summed E-state index contributed by atoms with van der Waals surface area (Å²) in [6.07, 6.45) is 1.98. The molecule has 1 aliphatic heterocycles. The minimum absolute atomic E-state index is 0.0523. The molecule has 1 fully saturated rings. The number of carbonyl (C=O) groups excluding carboxylic acids is 1. The van der Waals surface area contributed by atoms with E-state index in [9.17, 15) is 4.79 Å². The first-order valence-electron chi connectivity index (χ1n) is 7.46. The highest BCUT2D eigenvalue weighted by Gasteiger charge is 2.57. The van der Waals surface area contributed by atoms with Gasteiger partial charge in [-0.15, -0.1) is 0 Å². The number of ether oxygens (including phenoxy) is 1. The maximum absolute atomic E-state index is 12.3. The Morgan fingerprint density at radius 1 is 1.32 bits per heavy atom. The summed E-state index contributed by atoms with van der Waals surface area (Å²) in [5.74, 6) is -0.127. The first kappa shape index (κ1) is 16.9. The first-order valence-corrected chi connectivity index (χ1v) is 14.6. The van der Waals surface area contributed by atoms with E-state index in [1.54, 1.807) is 0 Å². The Balaban J connectivity index is 3.07. The van der Waals surface area contributed by atoms with E-state index in [1.165, 1.54) is 0 Å². The molecule has 0 aromatic heterocycles. The van der Waals surface area contributed by atoms with Crippen LogP contribution in [-0.2, 0) is 14.0 Å². The molecule has 0 spiro atoms. The molecule has 1 rings (SSSR count). The monoisotopic (exact) mass is 302 g/mol. The minimum atomic E-state index is -1.67. The molecule has 0 bridgehead atoms. The zero-order chi connectivity index (χ0) is 14.9. The van der Waals surface area contributed by atoms with Crippen molar-refractivity contribution in [3.8, 4) is 0 Å². The van der Waals surface area contributed by atoms with E-state index in [1.807, 2.05) is 6.92 Å². The predicted octanol–water partition coefficient (Wildman–Crippen LogP) is 3.75. The predicted molar refractivity (Wildman–Crippen MR) is 84.3 cm³/mol. The second-order valence-corrected chi connectivity index (χ2v) is 22.1. The molecule has 1 aliphatic rings. The Morgan fingerprint density at radius 3 is 2.37 bits per heavy atom. The highest BCUT2D eigenvalue weighted by Crippen LogP contribution is 2.45. The molecule has 2 atom stereocenters. The molecule has 3 nitrogen and oxygen atoms in total. The first-order chi connectivity index (χ1) is 8.59. The van der Waals surface area contributed by atoms with E-state index in [0.29, 0.717) is 6.61 Å². The van der Waals surface area contributed by atoms with E-state index >= 15 is 0 Å². The van der Waals surface area contributed by atoms with E-state index < -0.39 is 15.4 Å². The number of hydrogen-bond acceptors (Lipinski definition) is 3. The summed E-state index contributed by atoms with van der Waals surface area (Å²) >= 11 is 0. The number of rotatable bonds is 4. The van der Waals surface area contributed by atoms with Gasteiger partial charge in [-0.05, 0) is 39.4 Å². The van der Waals surface area contributed by atoms with Gasteiger partial charge in [0.15, 0.2) is 7.83 Å². The molecule has 1 heterocycles. The number of carbonyl (C=O) groups is 1. The van der Waals surface area contributed by atoms with Crippen LogP contribution in [-0.4, -0.2) is 33.6 Å². The van der Waals surface area contributed by atoms with Crippen molar-refractivity contribution in [1.82, 2.24) is 0 Å². The van der Waals surface area contributed by atoms with Crippen molar-refractivity contribution in [1.29, 1.82) is 0 Å². The lowest BCUT2D eigenvalue weighted by molar-refractivity contribution is -0.155. The molecule has 19 heavy (non-hydrogen) atoms. The van der Waals surface area contributed by atoms with Gasteiger partial charge in [-0.25, -0.2) is 0 Å². The standard InChI is InChI=1S/C14H30O3Si2/c1-8-10-14(3)12(13(15)16-9-2)11-18(4,5)19(6,7)17-14/h12H,8-11H2,1-7H3. The molecule has 0 aromatic rings. The molecule has 1 saturated heterocycles. The van der Waals surface area contributed by atoms with Gasteiger partial charge in [0.1, 0.15) is 0 Å². The Bertz CT molecular complexity index is 342. The van der Waals surface area contributed by atoms with Gasteiger partial charge in [-0.1, -0.05) is 26.4 Å². The van der Waals surface area contributed by atoms with Crippen molar-refractivity contribution >= 4 is 21.4 Å². The Kier molecular flexibility index (Phi) is 5.07. The molecule has 0 aliphatic carbocycles. The topological polar surface area (TPSA) is 35.5 Å². The van der Waals surface area contributed by atoms with E-state index in [2.05, 4.69) is 40.0 Å². The summed E-state index contributed by atoms with van der Waals surface area (Å²) in [4.78, 5) is 12.3. The normalized spacial score (nSPS) is 32.9. The van der Waals surface area contributed by atoms with Gasteiger partial charge >= 0.3 is 5.97 Å². The van der Waals surface area contributed by atoms with Gasteiger partial charge in [-0.2, -0.15) is 0 Å². The van der Waals surface area contributed by atoms with Gasteiger partial charge < -0.3 is 9.16 Å². The second kappa shape index (κ2) is 5.70. The van der Waals surface area contributed by atoms with Crippen LogP contribution < -0.4 is 0 Å². The van der Waals surface area contributed by atoms with E-state index in [4.69, 9.17) is 9.16 Å². The van der Waals surface area contributed by atoms with Gasteiger partial charge in [-0.3, -0.25) is 4.79 Å². The average Bonchev–Trinajstić information content (AvgIpc) is 2.23. The third kappa shape index (κ3) is 3.31. The van der Waals surface area contributed by atoms with Crippen LogP contribution in [0, 0.1) is 5.92 Å². The lowest BCUT2D eigenvalue weighted by atomic mass is 9.86. The van der Waals surface area contributed by atoms with E-state index in [-0.39, 0.29) is 17.5 Å². The summed E-state index contributed by atoms with van der Waals surface area (Å²) in [7, 11) is -3.15. The Morgan fingerprint density at radius 2 is 1.89 bits per heavy atom. The maximum atomic E-state index is 12.3. The molecule has 2 unspecified atom stereocenters. The maximum Gasteiger partial charge on any atom is 0.311 e. The van der Waals surface area contributed by atoms with Gasteiger partial charge in [0.2, 0.25) is 0 Å². The number of hydrogen-bond donors (Lipinski definition) is 0. The smallest absolute Gasteiger partial charge is 0.311 e. The highest BCUT2D eigenvalue weighted by molar-refractivity contribution is 7.38. The van der Waals surface area contributed by atoms with Crippen molar-refractivity contribution < 1.29 is 14.0 Å². The summed E-state index contributed by atoms with van der Waals surface area (Å²) in [6.45, 7) is 16.0. The Labute approximate surface area is 120 Å². The minimum Gasteiger partial charge on any atom is -0.466 e. The SMILES string of the molecule is CCCC1(C)O[Si](C)(C)[Si](C)(C)CC1C(=O)OCC. The van der Waals surface area contributed by atoms with Crippen LogP contribution in [0.15, 0.2) is 0 Å². The summed E-state index contributed by atoms with van der Waals surface area (Å²) < 4.78 is 11.9. The van der Waals surface area contributed by atoms with Crippen LogP contribution in [0.1, 0.15) is 33.6 Å². The summed E-state index contributed by atoms with van der Waals surface area (Å²) in [5.41, 5.74) is -0.320. The fourth-order valence-corrected chi connectivity index (χ4v) is 10.5. The largest absolute Gasteiger partial charge is 0.466 e. The fourth-order valence-electron chi connectivity index (χ4n) is 3.06. The lowest BCUT2D eigenvalue weighted by Crippen LogP contribution is -2.68. The molecule has 0 radical (unpaired) electrons. The quantitative estimate of drug-likeness (QED) is 0.586.